The van der Waals surface area contributed by atoms with Crippen molar-refractivity contribution < 1.29 is 9.52 Å². The van der Waals surface area contributed by atoms with Gasteiger partial charge < -0.3 is 14.1 Å². The summed E-state index contributed by atoms with van der Waals surface area (Å²) in [6.07, 6.45) is 5.83. The maximum absolute atomic E-state index is 10.2. The van der Waals surface area contributed by atoms with Gasteiger partial charge in [0.25, 0.3) is 0 Å². The minimum atomic E-state index is -0.626. The van der Waals surface area contributed by atoms with Crippen LogP contribution in [0, 0.1) is 17.2 Å². The van der Waals surface area contributed by atoms with Gasteiger partial charge in [0.05, 0.1) is 17.8 Å². The molecule has 0 aliphatic heterocycles. The molecule has 1 fully saturated rings. The average Bonchev–Trinajstić information content (AvgIpc) is 3.19. The van der Waals surface area contributed by atoms with Crippen molar-refractivity contribution in [3.05, 3.63) is 30.3 Å². The van der Waals surface area contributed by atoms with Crippen LogP contribution in [0.5, 0.6) is 0 Å². The predicted molar refractivity (Wildman–Crippen MR) is 91.4 cm³/mol. The average molecular weight is 323 g/mol. The Hall–Kier alpha value is -2.32. The Kier molecular flexibility index (Phi) is 3.78. The summed E-state index contributed by atoms with van der Waals surface area (Å²) in [7, 11) is 0. The molecule has 5 heteroatoms. The maximum Gasteiger partial charge on any atom is 0.159 e. The van der Waals surface area contributed by atoms with Gasteiger partial charge in [0.1, 0.15) is 17.4 Å². The second-order valence-electron chi connectivity index (χ2n) is 6.83. The highest BCUT2D eigenvalue weighted by molar-refractivity contribution is 6.01. The molecule has 0 spiro atoms. The van der Waals surface area contributed by atoms with Crippen molar-refractivity contribution in [3.8, 4) is 6.07 Å². The number of rotatable bonds is 3. The van der Waals surface area contributed by atoms with Crippen LogP contribution in [-0.2, 0) is 0 Å². The summed E-state index contributed by atoms with van der Waals surface area (Å²) in [6.45, 7) is 1.76. The molecule has 3 aromatic rings. The van der Waals surface area contributed by atoms with E-state index in [-0.39, 0.29) is 0 Å². The summed E-state index contributed by atoms with van der Waals surface area (Å²) in [5.41, 5.74) is 2.69. The quantitative estimate of drug-likeness (QED) is 0.771. The van der Waals surface area contributed by atoms with Gasteiger partial charge in [0.15, 0.2) is 5.58 Å². The van der Waals surface area contributed by atoms with Crippen LogP contribution in [0.15, 0.2) is 28.9 Å². The van der Waals surface area contributed by atoms with E-state index in [0.717, 1.165) is 47.7 Å². The molecule has 0 saturated heterocycles. The molecule has 2 aromatic heterocycles. The summed E-state index contributed by atoms with van der Waals surface area (Å²) >= 11 is 0. The molecule has 0 amide bonds. The zero-order valence-electron chi connectivity index (χ0n) is 13.8. The molecule has 1 N–H and O–H groups in total. The highest BCUT2D eigenvalue weighted by Crippen LogP contribution is 2.39. The number of hydrogen-bond acceptors (Lipinski definition) is 4. The molecule has 2 heterocycles. The van der Waals surface area contributed by atoms with E-state index in [1.807, 2.05) is 18.2 Å². The smallest absolute Gasteiger partial charge is 0.159 e. The third kappa shape index (κ3) is 2.38. The van der Waals surface area contributed by atoms with E-state index in [2.05, 4.69) is 15.6 Å². The molecule has 0 bridgehead atoms. The van der Waals surface area contributed by atoms with Crippen molar-refractivity contribution in [1.29, 1.82) is 5.26 Å². The van der Waals surface area contributed by atoms with Crippen LogP contribution in [0.2, 0.25) is 0 Å². The fourth-order valence-electron chi connectivity index (χ4n) is 4.02. The van der Waals surface area contributed by atoms with Crippen molar-refractivity contribution in [1.82, 2.24) is 9.55 Å². The first-order valence-corrected chi connectivity index (χ1v) is 8.62. The number of imidazole rings is 1. The van der Waals surface area contributed by atoms with E-state index < -0.39 is 6.10 Å². The predicted octanol–water partition coefficient (Wildman–Crippen LogP) is 4.48. The van der Waals surface area contributed by atoms with Crippen LogP contribution in [0.4, 0.5) is 0 Å². The number of aliphatic hydroxyl groups is 1. The number of nitriles is 1. The molecule has 124 valence electrons. The summed E-state index contributed by atoms with van der Waals surface area (Å²) in [5, 5.41) is 20.2. The molecule has 0 unspecified atom stereocenters. The zero-order chi connectivity index (χ0) is 16.7. The Labute approximate surface area is 140 Å². The molecule has 1 aliphatic carbocycles. The highest BCUT2D eigenvalue weighted by Gasteiger charge is 2.28. The van der Waals surface area contributed by atoms with Crippen LogP contribution in [0.1, 0.15) is 57.0 Å². The molecule has 5 nitrogen and oxygen atoms in total. The minimum absolute atomic E-state index is 0.297. The summed E-state index contributed by atoms with van der Waals surface area (Å²) in [6, 6.07) is 8.55. The molecular formula is C19H21N3O2. The van der Waals surface area contributed by atoms with Gasteiger partial charge >= 0.3 is 0 Å². The Morgan fingerprint density at radius 1 is 1.33 bits per heavy atom. The van der Waals surface area contributed by atoms with E-state index >= 15 is 0 Å². The van der Waals surface area contributed by atoms with Gasteiger partial charge in [0, 0.05) is 17.8 Å². The van der Waals surface area contributed by atoms with Crippen LogP contribution >= 0.6 is 0 Å². The van der Waals surface area contributed by atoms with Crippen LogP contribution in [-0.4, -0.2) is 14.7 Å². The standard InChI is InChI=1S/C19H21N3O2/c1-12(23)19-21-16-7-4-14-9-11-24-18(14)17(16)22(19)15-5-2-13(3-6-15)8-10-20/h4,7,9,11-13,15,23H,2-3,5-6,8H2,1H3/t12-,13?,15?/m1/s1. The van der Waals surface area contributed by atoms with Gasteiger partial charge in [-0.1, -0.05) is 0 Å². The number of aliphatic hydroxyl groups excluding tert-OH is 1. The number of nitrogens with zero attached hydrogens (tertiary/aromatic N) is 3. The molecule has 1 atom stereocenters. The number of fused-ring (bicyclic) bond motifs is 3. The molecule has 1 aliphatic rings. The number of aromatic nitrogens is 2. The lowest BCUT2D eigenvalue weighted by atomic mass is 9.84. The van der Waals surface area contributed by atoms with E-state index in [0.29, 0.717) is 24.2 Å². The van der Waals surface area contributed by atoms with Crippen molar-refractivity contribution in [3.63, 3.8) is 0 Å². The summed E-state index contributed by atoms with van der Waals surface area (Å²) in [5.74, 6) is 1.21. The van der Waals surface area contributed by atoms with Crippen molar-refractivity contribution >= 4 is 22.0 Å². The lowest BCUT2D eigenvalue weighted by molar-refractivity contribution is 0.175. The Morgan fingerprint density at radius 2 is 2.12 bits per heavy atom. The second kappa shape index (κ2) is 5.95. The largest absolute Gasteiger partial charge is 0.462 e. The van der Waals surface area contributed by atoms with Crippen LogP contribution in [0.25, 0.3) is 22.0 Å². The molecule has 1 saturated carbocycles. The first-order chi connectivity index (χ1) is 11.7. The first kappa shape index (κ1) is 15.2. The van der Waals surface area contributed by atoms with E-state index in [4.69, 9.17) is 9.68 Å². The number of hydrogen-bond donors (Lipinski definition) is 1. The third-order valence-electron chi connectivity index (χ3n) is 5.23. The normalized spacial score (nSPS) is 22.7. The summed E-state index contributed by atoms with van der Waals surface area (Å²) in [4.78, 5) is 4.67. The van der Waals surface area contributed by atoms with E-state index in [1.54, 1.807) is 13.2 Å². The zero-order valence-corrected chi connectivity index (χ0v) is 13.8. The molecule has 1 aromatic carbocycles. The van der Waals surface area contributed by atoms with Gasteiger partial charge in [-0.2, -0.15) is 5.26 Å². The van der Waals surface area contributed by atoms with E-state index in [9.17, 15) is 5.11 Å². The fourth-order valence-corrected chi connectivity index (χ4v) is 4.02. The lowest BCUT2D eigenvalue weighted by Crippen LogP contribution is -2.20. The second-order valence-corrected chi connectivity index (χ2v) is 6.83. The molecule has 4 rings (SSSR count). The Bertz CT molecular complexity index is 908. The van der Waals surface area contributed by atoms with Gasteiger partial charge in [0.2, 0.25) is 0 Å². The van der Waals surface area contributed by atoms with Crippen molar-refractivity contribution in [2.45, 2.75) is 51.2 Å². The van der Waals surface area contributed by atoms with E-state index in [1.165, 1.54) is 0 Å². The van der Waals surface area contributed by atoms with Crippen molar-refractivity contribution in [2.75, 3.05) is 0 Å². The van der Waals surface area contributed by atoms with Gasteiger partial charge in [-0.25, -0.2) is 4.98 Å². The SMILES string of the molecule is C[C@@H](O)c1nc2ccc3ccoc3c2n1C1CCC(CC#N)CC1. The van der Waals surface area contributed by atoms with Crippen molar-refractivity contribution in [2.24, 2.45) is 5.92 Å². The number of benzene rings is 1. The maximum atomic E-state index is 10.2. The fraction of sp³-hybridized carbons (Fsp3) is 0.474. The van der Waals surface area contributed by atoms with Gasteiger partial charge in [-0.05, 0) is 56.7 Å². The Balaban J connectivity index is 1.82. The monoisotopic (exact) mass is 323 g/mol. The topological polar surface area (TPSA) is 75.0 Å². The minimum Gasteiger partial charge on any atom is -0.462 e. The molecular weight excluding hydrogens is 302 g/mol. The highest BCUT2D eigenvalue weighted by atomic mass is 16.3. The van der Waals surface area contributed by atoms with Crippen LogP contribution in [0.3, 0.4) is 0 Å². The Morgan fingerprint density at radius 3 is 2.83 bits per heavy atom. The summed E-state index contributed by atoms with van der Waals surface area (Å²) < 4.78 is 7.92. The van der Waals surface area contributed by atoms with Crippen LogP contribution < -0.4 is 0 Å². The van der Waals surface area contributed by atoms with Gasteiger partial charge in [-0.15, -0.1) is 0 Å². The first-order valence-electron chi connectivity index (χ1n) is 8.62. The molecule has 0 radical (unpaired) electrons. The lowest BCUT2D eigenvalue weighted by Gasteiger charge is -2.30. The number of furan rings is 1. The molecule has 24 heavy (non-hydrogen) atoms. The van der Waals surface area contributed by atoms with Gasteiger partial charge in [-0.3, -0.25) is 0 Å². The third-order valence-corrected chi connectivity index (χ3v) is 5.23.